The standard InChI is InChI=1S/C19H26N4O4S/c1-14-19(28(25,26)22-11-4-5-12-22)15(2)23(21-14)13-10-18(24)20-16-6-8-17(27-3)9-7-16/h6-9H,4-5,10-13H2,1-3H3,(H,20,24). The summed E-state index contributed by atoms with van der Waals surface area (Å²) in [6.45, 7) is 4.85. The van der Waals surface area contributed by atoms with Gasteiger partial charge in [0.1, 0.15) is 10.6 Å². The van der Waals surface area contributed by atoms with Crippen LogP contribution in [-0.4, -0.2) is 48.6 Å². The highest BCUT2D eigenvalue weighted by Crippen LogP contribution is 2.26. The van der Waals surface area contributed by atoms with Crippen LogP contribution in [-0.2, 0) is 21.4 Å². The van der Waals surface area contributed by atoms with E-state index in [0.29, 0.717) is 42.5 Å². The molecule has 0 saturated carbocycles. The number of amides is 1. The van der Waals surface area contributed by atoms with Crippen molar-refractivity contribution in [2.75, 3.05) is 25.5 Å². The molecule has 2 aromatic rings. The van der Waals surface area contributed by atoms with E-state index in [4.69, 9.17) is 4.74 Å². The van der Waals surface area contributed by atoms with Gasteiger partial charge in [0.2, 0.25) is 15.9 Å². The van der Waals surface area contributed by atoms with E-state index in [1.807, 2.05) is 0 Å². The molecule has 152 valence electrons. The van der Waals surface area contributed by atoms with Gasteiger partial charge in [-0.1, -0.05) is 0 Å². The largest absolute Gasteiger partial charge is 0.497 e. The topological polar surface area (TPSA) is 93.5 Å². The molecule has 0 bridgehead atoms. The summed E-state index contributed by atoms with van der Waals surface area (Å²) in [5, 5.41) is 7.18. The molecule has 2 heterocycles. The zero-order chi connectivity index (χ0) is 20.3. The van der Waals surface area contributed by atoms with Gasteiger partial charge in [0.05, 0.1) is 25.0 Å². The van der Waals surface area contributed by atoms with Crippen molar-refractivity contribution in [1.82, 2.24) is 14.1 Å². The number of carbonyl (C=O) groups excluding carboxylic acids is 1. The third-order valence-corrected chi connectivity index (χ3v) is 7.05. The molecule has 1 amide bonds. The van der Waals surface area contributed by atoms with Crippen molar-refractivity contribution < 1.29 is 17.9 Å². The lowest BCUT2D eigenvalue weighted by Crippen LogP contribution is -2.28. The Kier molecular flexibility index (Phi) is 6.04. The minimum atomic E-state index is -3.54. The van der Waals surface area contributed by atoms with Crippen molar-refractivity contribution in [2.45, 2.75) is 44.6 Å². The molecular formula is C19H26N4O4S. The van der Waals surface area contributed by atoms with E-state index >= 15 is 0 Å². The van der Waals surface area contributed by atoms with Crippen LogP contribution < -0.4 is 10.1 Å². The number of nitrogens with one attached hydrogen (secondary N) is 1. The first-order chi connectivity index (χ1) is 13.3. The van der Waals surface area contributed by atoms with E-state index in [9.17, 15) is 13.2 Å². The first-order valence-electron chi connectivity index (χ1n) is 9.31. The summed E-state index contributed by atoms with van der Waals surface area (Å²) in [6, 6.07) is 7.07. The number of sulfonamides is 1. The Balaban J connectivity index is 1.67. The average Bonchev–Trinajstić information content (AvgIpc) is 3.29. The number of hydrogen-bond acceptors (Lipinski definition) is 5. The Bertz CT molecular complexity index is 945. The number of aryl methyl sites for hydroxylation is 2. The molecule has 28 heavy (non-hydrogen) atoms. The number of nitrogens with zero attached hydrogens (tertiary/aromatic N) is 3. The summed E-state index contributed by atoms with van der Waals surface area (Å²) < 4.78 is 34.0. The van der Waals surface area contributed by atoms with Crippen LogP contribution in [0.4, 0.5) is 5.69 Å². The van der Waals surface area contributed by atoms with Gasteiger partial charge in [-0.2, -0.15) is 9.40 Å². The summed E-state index contributed by atoms with van der Waals surface area (Å²) in [5.41, 5.74) is 1.72. The predicted molar refractivity (Wildman–Crippen MR) is 106 cm³/mol. The van der Waals surface area contributed by atoms with Gasteiger partial charge >= 0.3 is 0 Å². The Morgan fingerprint density at radius 2 is 1.82 bits per heavy atom. The maximum atomic E-state index is 12.9. The number of ether oxygens (including phenoxy) is 1. The number of anilines is 1. The number of carbonyl (C=O) groups is 1. The van der Waals surface area contributed by atoms with Gasteiger partial charge in [0.25, 0.3) is 0 Å². The summed E-state index contributed by atoms with van der Waals surface area (Å²) in [5.74, 6) is 0.550. The van der Waals surface area contributed by atoms with Gasteiger partial charge < -0.3 is 10.1 Å². The lowest BCUT2D eigenvalue weighted by molar-refractivity contribution is -0.116. The Hall–Kier alpha value is -2.39. The molecule has 1 aromatic heterocycles. The maximum absolute atomic E-state index is 12.9. The van der Waals surface area contributed by atoms with Crippen LogP contribution in [0, 0.1) is 13.8 Å². The van der Waals surface area contributed by atoms with Gasteiger partial charge in [0.15, 0.2) is 0 Å². The lowest BCUT2D eigenvalue weighted by atomic mass is 10.3. The maximum Gasteiger partial charge on any atom is 0.246 e. The minimum Gasteiger partial charge on any atom is -0.497 e. The molecular weight excluding hydrogens is 380 g/mol. The van der Waals surface area contributed by atoms with Crippen molar-refractivity contribution in [2.24, 2.45) is 0 Å². The molecule has 1 N–H and O–H groups in total. The van der Waals surface area contributed by atoms with Crippen molar-refractivity contribution in [3.63, 3.8) is 0 Å². The summed E-state index contributed by atoms with van der Waals surface area (Å²) in [6.07, 6.45) is 1.96. The fourth-order valence-electron chi connectivity index (χ4n) is 3.43. The fraction of sp³-hybridized carbons (Fsp3) is 0.474. The molecule has 1 saturated heterocycles. The van der Waals surface area contributed by atoms with Crippen LogP contribution in [0.2, 0.25) is 0 Å². The smallest absolute Gasteiger partial charge is 0.246 e. The van der Waals surface area contributed by atoms with Gasteiger partial charge in [-0.15, -0.1) is 0 Å². The second-order valence-electron chi connectivity index (χ2n) is 6.86. The highest BCUT2D eigenvalue weighted by Gasteiger charge is 2.32. The summed E-state index contributed by atoms with van der Waals surface area (Å²) in [4.78, 5) is 12.5. The Morgan fingerprint density at radius 1 is 1.18 bits per heavy atom. The third-order valence-electron chi connectivity index (χ3n) is 4.90. The molecule has 0 radical (unpaired) electrons. The van der Waals surface area contributed by atoms with E-state index in [-0.39, 0.29) is 17.2 Å². The molecule has 0 spiro atoms. The quantitative estimate of drug-likeness (QED) is 0.762. The van der Waals surface area contributed by atoms with Crippen molar-refractivity contribution >= 4 is 21.6 Å². The fourth-order valence-corrected chi connectivity index (χ4v) is 5.32. The summed E-state index contributed by atoms with van der Waals surface area (Å²) >= 11 is 0. The van der Waals surface area contributed by atoms with Crippen molar-refractivity contribution in [3.05, 3.63) is 35.7 Å². The van der Waals surface area contributed by atoms with Crippen LogP contribution in [0.15, 0.2) is 29.2 Å². The molecule has 1 aliphatic heterocycles. The molecule has 0 atom stereocenters. The normalized spacial score (nSPS) is 15.0. The first kappa shape index (κ1) is 20.3. The zero-order valence-corrected chi connectivity index (χ0v) is 17.3. The van der Waals surface area contributed by atoms with E-state index in [2.05, 4.69) is 10.4 Å². The van der Waals surface area contributed by atoms with E-state index in [1.54, 1.807) is 49.9 Å². The van der Waals surface area contributed by atoms with Crippen molar-refractivity contribution in [1.29, 1.82) is 0 Å². The molecule has 8 nitrogen and oxygen atoms in total. The van der Waals surface area contributed by atoms with Gasteiger partial charge in [-0.05, 0) is 51.0 Å². The summed E-state index contributed by atoms with van der Waals surface area (Å²) in [7, 11) is -1.95. The predicted octanol–water partition coefficient (Wildman–Crippen LogP) is 2.32. The first-order valence-corrected chi connectivity index (χ1v) is 10.7. The second-order valence-corrected chi connectivity index (χ2v) is 8.74. The van der Waals surface area contributed by atoms with Crippen LogP contribution in [0.3, 0.4) is 0 Å². The van der Waals surface area contributed by atoms with Gasteiger partial charge in [-0.25, -0.2) is 8.42 Å². The van der Waals surface area contributed by atoms with Crippen molar-refractivity contribution in [3.8, 4) is 5.75 Å². The monoisotopic (exact) mass is 406 g/mol. The van der Waals surface area contributed by atoms with Crippen LogP contribution >= 0.6 is 0 Å². The lowest BCUT2D eigenvalue weighted by Gasteiger charge is -2.15. The number of methoxy groups -OCH3 is 1. The Labute approximate surface area is 165 Å². The molecule has 1 aliphatic rings. The van der Waals surface area contributed by atoms with Crippen LogP contribution in [0.5, 0.6) is 5.75 Å². The molecule has 1 aromatic carbocycles. The molecule has 0 aliphatic carbocycles. The third kappa shape index (κ3) is 4.20. The zero-order valence-electron chi connectivity index (χ0n) is 16.4. The van der Waals surface area contributed by atoms with E-state index < -0.39 is 10.0 Å². The number of benzene rings is 1. The molecule has 9 heteroatoms. The highest BCUT2D eigenvalue weighted by molar-refractivity contribution is 7.89. The Morgan fingerprint density at radius 3 is 2.43 bits per heavy atom. The highest BCUT2D eigenvalue weighted by atomic mass is 32.2. The molecule has 0 unspecified atom stereocenters. The van der Waals surface area contributed by atoms with Crippen LogP contribution in [0.25, 0.3) is 0 Å². The second kappa shape index (κ2) is 8.32. The van der Waals surface area contributed by atoms with E-state index in [1.165, 1.54) is 4.31 Å². The average molecular weight is 407 g/mol. The van der Waals surface area contributed by atoms with Gasteiger partial charge in [-0.3, -0.25) is 9.48 Å². The molecule has 3 rings (SSSR count). The number of hydrogen-bond donors (Lipinski definition) is 1. The SMILES string of the molecule is COc1ccc(NC(=O)CCn2nc(C)c(S(=O)(=O)N3CCCC3)c2C)cc1. The minimum absolute atomic E-state index is 0.165. The van der Waals surface area contributed by atoms with Crippen LogP contribution in [0.1, 0.15) is 30.7 Å². The number of aromatic nitrogens is 2. The molecule has 1 fully saturated rings. The van der Waals surface area contributed by atoms with Gasteiger partial charge in [0, 0.05) is 25.2 Å². The van der Waals surface area contributed by atoms with E-state index in [0.717, 1.165) is 12.8 Å². The number of rotatable bonds is 7.